The highest BCUT2D eigenvalue weighted by Gasteiger charge is 2.13. The molecular weight excluding hydrogens is 357 g/mol. The lowest BCUT2D eigenvalue weighted by Gasteiger charge is -1.97. The summed E-state index contributed by atoms with van der Waals surface area (Å²) < 4.78 is 7.00. The normalized spacial score (nSPS) is 12.3. The number of benzene rings is 1. The van der Waals surface area contributed by atoms with Gasteiger partial charge in [-0.3, -0.25) is 4.79 Å². The van der Waals surface area contributed by atoms with Crippen LogP contribution in [0.2, 0.25) is 10.0 Å². The Labute approximate surface area is 143 Å². The summed E-state index contributed by atoms with van der Waals surface area (Å²) in [6.07, 6.45) is 3.24. The van der Waals surface area contributed by atoms with E-state index in [0.29, 0.717) is 36.7 Å². The largest absolute Gasteiger partial charge is 0.461 e. The lowest BCUT2D eigenvalue weighted by Crippen LogP contribution is -2.23. The molecule has 1 aromatic carbocycles. The van der Waals surface area contributed by atoms with Crippen LogP contribution in [0.4, 0.5) is 0 Å². The van der Waals surface area contributed by atoms with Gasteiger partial charge in [-0.15, -0.1) is 5.10 Å². The van der Waals surface area contributed by atoms with Gasteiger partial charge >= 0.3 is 0 Å². The van der Waals surface area contributed by atoms with E-state index < -0.39 is 0 Å². The van der Waals surface area contributed by atoms with E-state index in [9.17, 15) is 4.79 Å². The van der Waals surface area contributed by atoms with E-state index in [4.69, 9.17) is 27.6 Å². The maximum absolute atomic E-state index is 12.4. The molecule has 8 heteroatoms. The molecule has 114 valence electrons. The number of nitrogens with zero attached hydrogens (tertiary/aromatic N) is 3. The van der Waals surface area contributed by atoms with Gasteiger partial charge in [0.1, 0.15) is 0 Å². The molecular formula is C15H7Cl2N3O2S. The lowest BCUT2D eigenvalue weighted by atomic mass is 10.2. The van der Waals surface area contributed by atoms with Crippen molar-refractivity contribution in [1.29, 1.82) is 0 Å². The molecule has 3 heterocycles. The number of hydrogen-bond acceptors (Lipinski definition) is 5. The monoisotopic (exact) mass is 363 g/mol. The summed E-state index contributed by atoms with van der Waals surface area (Å²) in [5.41, 5.74) is 0.463. The fourth-order valence-electron chi connectivity index (χ4n) is 2.10. The van der Waals surface area contributed by atoms with E-state index >= 15 is 0 Å². The third kappa shape index (κ3) is 2.55. The summed E-state index contributed by atoms with van der Waals surface area (Å²) in [4.78, 5) is 17.2. The second kappa shape index (κ2) is 5.49. The fraction of sp³-hybridized carbons (Fsp3) is 0. The molecule has 0 saturated carbocycles. The van der Waals surface area contributed by atoms with Crippen molar-refractivity contribution in [3.63, 3.8) is 0 Å². The Morgan fingerprint density at radius 2 is 2.13 bits per heavy atom. The molecule has 0 aliphatic rings. The molecule has 4 rings (SSSR count). The summed E-state index contributed by atoms with van der Waals surface area (Å²) in [6.45, 7) is 0. The predicted octanol–water partition coefficient (Wildman–Crippen LogP) is 3.27. The van der Waals surface area contributed by atoms with Crippen LogP contribution in [0.15, 0.2) is 45.8 Å². The quantitative estimate of drug-likeness (QED) is 0.548. The zero-order chi connectivity index (χ0) is 16.0. The highest BCUT2D eigenvalue weighted by atomic mass is 35.5. The van der Waals surface area contributed by atoms with Gasteiger partial charge < -0.3 is 4.42 Å². The van der Waals surface area contributed by atoms with Crippen molar-refractivity contribution >= 4 is 45.6 Å². The lowest BCUT2D eigenvalue weighted by molar-refractivity contribution is 0.577. The van der Waals surface area contributed by atoms with Gasteiger partial charge in [-0.25, -0.2) is 0 Å². The first-order valence-corrected chi connectivity index (χ1v) is 8.09. The number of thiazole rings is 1. The van der Waals surface area contributed by atoms with Crippen molar-refractivity contribution in [2.45, 2.75) is 0 Å². The Kier molecular flexibility index (Phi) is 3.45. The SMILES string of the molecule is O=c1c(=Cc2ccc(Cl)cc2Cl)sc2nc(-c3ccco3)nn12. The van der Waals surface area contributed by atoms with Crippen LogP contribution in [0.5, 0.6) is 0 Å². The second-order valence-electron chi connectivity index (χ2n) is 4.69. The molecule has 0 saturated heterocycles. The molecule has 0 fully saturated rings. The van der Waals surface area contributed by atoms with Gasteiger partial charge in [-0.1, -0.05) is 40.6 Å². The van der Waals surface area contributed by atoms with E-state index in [1.807, 2.05) is 0 Å². The van der Waals surface area contributed by atoms with Crippen molar-refractivity contribution < 1.29 is 4.42 Å². The Hall–Kier alpha value is -2.15. The van der Waals surface area contributed by atoms with Crippen LogP contribution in [0.25, 0.3) is 22.6 Å². The first kappa shape index (κ1) is 14.4. The van der Waals surface area contributed by atoms with E-state index in [-0.39, 0.29) is 5.56 Å². The van der Waals surface area contributed by atoms with E-state index in [0.717, 1.165) is 0 Å². The molecule has 0 spiro atoms. The minimum atomic E-state index is -0.249. The topological polar surface area (TPSA) is 60.4 Å². The molecule has 0 aliphatic carbocycles. The van der Waals surface area contributed by atoms with E-state index in [1.54, 1.807) is 36.4 Å². The minimum Gasteiger partial charge on any atom is -0.461 e. The zero-order valence-electron chi connectivity index (χ0n) is 11.4. The van der Waals surface area contributed by atoms with Gasteiger partial charge in [-0.05, 0) is 35.9 Å². The van der Waals surface area contributed by atoms with Gasteiger partial charge in [0.05, 0.1) is 10.8 Å². The van der Waals surface area contributed by atoms with Gasteiger partial charge in [-0.2, -0.15) is 9.50 Å². The zero-order valence-corrected chi connectivity index (χ0v) is 13.7. The molecule has 0 unspecified atom stereocenters. The summed E-state index contributed by atoms with van der Waals surface area (Å²) in [5.74, 6) is 0.904. The molecule has 3 aromatic heterocycles. The number of hydrogen-bond donors (Lipinski definition) is 0. The van der Waals surface area contributed by atoms with Gasteiger partial charge in [0.15, 0.2) is 5.76 Å². The van der Waals surface area contributed by atoms with E-state index in [2.05, 4.69) is 10.1 Å². The van der Waals surface area contributed by atoms with Crippen LogP contribution < -0.4 is 10.1 Å². The summed E-state index contributed by atoms with van der Waals surface area (Å²) in [7, 11) is 0. The van der Waals surface area contributed by atoms with Crippen LogP contribution in [-0.2, 0) is 0 Å². The molecule has 0 radical (unpaired) electrons. The summed E-state index contributed by atoms with van der Waals surface area (Å²) in [6, 6.07) is 8.59. The number of furan rings is 1. The third-order valence-corrected chi connectivity index (χ3v) is 4.69. The van der Waals surface area contributed by atoms with Crippen molar-refractivity contribution in [2.24, 2.45) is 0 Å². The molecule has 0 bridgehead atoms. The minimum absolute atomic E-state index is 0.249. The summed E-state index contributed by atoms with van der Waals surface area (Å²) in [5, 5.41) is 5.21. The van der Waals surface area contributed by atoms with Crippen molar-refractivity contribution in [3.05, 3.63) is 67.1 Å². The van der Waals surface area contributed by atoms with Crippen LogP contribution in [0, 0.1) is 0 Å². The number of halogens is 2. The van der Waals surface area contributed by atoms with Crippen molar-refractivity contribution in [3.8, 4) is 11.6 Å². The fourth-order valence-corrected chi connectivity index (χ4v) is 3.47. The number of rotatable bonds is 2. The van der Waals surface area contributed by atoms with Crippen LogP contribution >= 0.6 is 34.5 Å². The van der Waals surface area contributed by atoms with Gasteiger partial charge in [0.2, 0.25) is 10.8 Å². The first-order chi connectivity index (χ1) is 11.1. The molecule has 0 aliphatic heterocycles. The first-order valence-electron chi connectivity index (χ1n) is 6.52. The molecule has 0 atom stereocenters. The van der Waals surface area contributed by atoms with Crippen molar-refractivity contribution in [2.75, 3.05) is 0 Å². The average Bonchev–Trinajstić information content (AvgIpc) is 3.21. The van der Waals surface area contributed by atoms with Gasteiger partial charge in [0, 0.05) is 10.0 Å². The maximum atomic E-state index is 12.4. The Bertz CT molecular complexity index is 1120. The maximum Gasteiger partial charge on any atom is 0.291 e. The molecule has 4 aromatic rings. The standard InChI is InChI=1S/C15H7Cl2N3O2S/c16-9-4-3-8(10(17)7-9)6-12-14(21)20-15(23-12)18-13(19-20)11-2-1-5-22-11/h1-7H. The second-order valence-corrected chi connectivity index (χ2v) is 6.54. The van der Waals surface area contributed by atoms with Gasteiger partial charge in [0.25, 0.3) is 5.56 Å². The highest BCUT2D eigenvalue weighted by molar-refractivity contribution is 7.15. The molecule has 0 N–H and O–H groups in total. The van der Waals surface area contributed by atoms with Crippen LogP contribution in [0.3, 0.4) is 0 Å². The Balaban J connectivity index is 1.86. The highest BCUT2D eigenvalue weighted by Crippen LogP contribution is 2.21. The van der Waals surface area contributed by atoms with E-state index in [1.165, 1.54) is 22.1 Å². The number of fused-ring (bicyclic) bond motifs is 1. The Morgan fingerprint density at radius 3 is 2.83 bits per heavy atom. The average molecular weight is 364 g/mol. The molecule has 23 heavy (non-hydrogen) atoms. The smallest absolute Gasteiger partial charge is 0.291 e. The van der Waals surface area contributed by atoms with Crippen LogP contribution in [-0.4, -0.2) is 14.6 Å². The predicted molar refractivity (Wildman–Crippen MR) is 90.1 cm³/mol. The summed E-state index contributed by atoms with van der Waals surface area (Å²) >= 11 is 13.2. The van der Waals surface area contributed by atoms with Crippen LogP contribution in [0.1, 0.15) is 5.56 Å². The molecule has 5 nitrogen and oxygen atoms in total. The Morgan fingerprint density at radius 1 is 1.26 bits per heavy atom. The van der Waals surface area contributed by atoms with Crippen molar-refractivity contribution in [1.82, 2.24) is 14.6 Å². The third-order valence-electron chi connectivity index (χ3n) is 3.17. The molecule has 0 amide bonds. The number of aromatic nitrogens is 3.